The number of hydrogen-bond donors (Lipinski definition) is 1. The molecule has 5 nitrogen and oxygen atoms in total. The predicted octanol–water partition coefficient (Wildman–Crippen LogP) is 4.19. The third-order valence-corrected chi connectivity index (χ3v) is 4.69. The fourth-order valence-corrected chi connectivity index (χ4v) is 3.45. The van der Waals surface area contributed by atoms with E-state index in [0.717, 1.165) is 32.8 Å². The first-order valence-corrected chi connectivity index (χ1v) is 8.87. The Hall–Kier alpha value is -2.60. The number of amides is 1. The molecule has 0 atom stereocenters. The average molecular weight is 356 g/mol. The summed E-state index contributed by atoms with van der Waals surface area (Å²) >= 11 is 1.44. The van der Waals surface area contributed by atoms with E-state index in [0.29, 0.717) is 11.7 Å². The molecule has 25 heavy (non-hydrogen) atoms. The van der Waals surface area contributed by atoms with Gasteiger partial charge in [0.1, 0.15) is 11.5 Å². The predicted molar refractivity (Wildman–Crippen MR) is 101 cm³/mol. The van der Waals surface area contributed by atoms with Gasteiger partial charge in [-0.1, -0.05) is 23.5 Å². The lowest BCUT2D eigenvalue weighted by atomic mass is 10.1. The van der Waals surface area contributed by atoms with Crippen LogP contribution >= 0.6 is 11.3 Å². The van der Waals surface area contributed by atoms with Crippen LogP contribution in [-0.4, -0.2) is 24.6 Å². The van der Waals surface area contributed by atoms with E-state index in [1.54, 1.807) is 7.11 Å². The number of rotatable bonds is 6. The third-order valence-electron chi connectivity index (χ3n) is 3.75. The second-order valence-electron chi connectivity index (χ2n) is 5.61. The van der Waals surface area contributed by atoms with Crippen molar-refractivity contribution in [3.63, 3.8) is 0 Å². The van der Waals surface area contributed by atoms with Crippen LogP contribution in [0.1, 0.15) is 18.1 Å². The third kappa shape index (κ3) is 4.09. The van der Waals surface area contributed by atoms with E-state index in [9.17, 15) is 4.79 Å². The van der Waals surface area contributed by atoms with Crippen LogP contribution < -0.4 is 14.8 Å². The molecule has 0 aliphatic carbocycles. The van der Waals surface area contributed by atoms with E-state index in [4.69, 9.17) is 9.47 Å². The number of carbonyl (C=O) groups excluding carboxylic acids is 1. The number of benzene rings is 2. The summed E-state index contributed by atoms with van der Waals surface area (Å²) in [6, 6.07) is 11.5. The van der Waals surface area contributed by atoms with Crippen LogP contribution in [0.15, 0.2) is 36.4 Å². The smallest absolute Gasteiger partial charge is 0.230 e. The van der Waals surface area contributed by atoms with E-state index in [2.05, 4.69) is 10.3 Å². The minimum absolute atomic E-state index is 0.102. The summed E-state index contributed by atoms with van der Waals surface area (Å²) in [5.41, 5.74) is 2.79. The summed E-state index contributed by atoms with van der Waals surface area (Å²) in [5, 5.41) is 3.46. The molecule has 1 heterocycles. The molecule has 1 aromatic heterocycles. The number of nitrogens with one attached hydrogen (secondary N) is 1. The van der Waals surface area contributed by atoms with Gasteiger partial charge in [0.2, 0.25) is 5.91 Å². The van der Waals surface area contributed by atoms with Crippen molar-refractivity contribution >= 4 is 32.6 Å². The van der Waals surface area contributed by atoms with Crippen LogP contribution in [-0.2, 0) is 11.2 Å². The van der Waals surface area contributed by atoms with Gasteiger partial charge in [0, 0.05) is 0 Å². The van der Waals surface area contributed by atoms with E-state index in [-0.39, 0.29) is 12.3 Å². The molecule has 0 aliphatic rings. The van der Waals surface area contributed by atoms with Gasteiger partial charge in [-0.3, -0.25) is 4.79 Å². The first-order chi connectivity index (χ1) is 12.1. The molecule has 130 valence electrons. The highest BCUT2D eigenvalue weighted by Crippen LogP contribution is 2.29. The number of carbonyl (C=O) groups is 1. The topological polar surface area (TPSA) is 60.5 Å². The zero-order valence-corrected chi connectivity index (χ0v) is 15.3. The number of aryl methyl sites for hydroxylation is 1. The van der Waals surface area contributed by atoms with Crippen LogP contribution in [0.25, 0.3) is 10.2 Å². The van der Waals surface area contributed by atoms with Crippen molar-refractivity contribution in [3.8, 4) is 11.5 Å². The molecule has 0 unspecified atom stereocenters. The normalized spacial score (nSPS) is 10.7. The monoisotopic (exact) mass is 356 g/mol. The molecule has 0 aliphatic heterocycles. The molecule has 0 saturated carbocycles. The molecule has 0 spiro atoms. The van der Waals surface area contributed by atoms with Crippen LogP contribution in [0.5, 0.6) is 11.5 Å². The highest BCUT2D eigenvalue weighted by atomic mass is 32.1. The number of hydrogen-bond acceptors (Lipinski definition) is 5. The van der Waals surface area contributed by atoms with E-state index >= 15 is 0 Å². The number of methoxy groups -OCH3 is 1. The van der Waals surface area contributed by atoms with Gasteiger partial charge in [0.05, 0.1) is 30.4 Å². The molecule has 0 radical (unpaired) electrons. The number of fused-ring (bicyclic) bond motifs is 1. The molecule has 6 heteroatoms. The van der Waals surface area contributed by atoms with E-state index in [1.165, 1.54) is 11.3 Å². The lowest BCUT2D eigenvalue weighted by Gasteiger charge is -2.07. The SMILES string of the molecule is CCOc1ccc2nc(NC(=O)Cc3ccc(C)c(OC)c3)sc2c1. The van der Waals surface area contributed by atoms with Gasteiger partial charge >= 0.3 is 0 Å². The van der Waals surface area contributed by atoms with Crippen molar-refractivity contribution in [2.24, 2.45) is 0 Å². The van der Waals surface area contributed by atoms with Gasteiger partial charge in [0.25, 0.3) is 0 Å². The van der Waals surface area contributed by atoms with Gasteiger partial charge in [-0.05, 0) is 49.2 Å². The molecule has 2 aromatic carbocycles. The standard InChI is InChI=1S/C19H20N2O3S/c1-4-24-14-7-8-15-17(11-14)25-19(20-15)21-18(22)10-13-6-5-12(2)16(9-13)23-3/h5-9,11H,4,10H2,1-3H3,(H,20,21,22). The van der Waals surface area contributed by atoms with Crippen LogP contribution in [0.4, 0.5) is 5.13 Å². The first kappa shape index (κ1) is 17.2. The highest BCUT2D eigenvalue weighted by Gasteiger charge is 2.10. The molecule has 3 rings (SSSR count). The van der Waals surface area contributed by atoms with Crippen molar-refractivity contribution in [2.75, 3.05) is 19.0 Å². The number of nitrogens with zero attached hydrogens (tertiary/aromatic N) is 1. The largest absolute Gasteiger partial charge is 0.496 e. The number of anilines is 1. The minimum Gasteiger partial charge on any atom is -0.496 e. The number of aromatic nitrogens is 1. The Morgan fingerprint density at radius 3 is 2.84 bits per heavy atom. The highest BCUT2D eigenvalue weighted by molar-refractivity contribution is 7.22. The fourth-order valence-electron chi connectivity index (χ4n) is 2.54. The average Bonchev–Trinajstić information content (AvgIpc) is 2.98. The Morgan fingerprint density at radius 2 is 2.08 bits per heavy atom. The summed E-state index contributed by atoms with van der Waals surface area (Å²) in [7, 11) is 1.63. The molecular weight excluding hydrogens is 336 g/mol. The molecule has 0 bridgehead atoms. The lowest BCUT2D eigenvalue weighted by Crippen LogP contribution is -2.14. The van der Waals surface area contributed by atoms with Crippen molar-refractivity contribution in [1.29, 1.82) is 0 Å². The van der Waals surface area contributed by atoms with Crippen molar-refractivity contribution in [1.82, 2.24) is 4.98 Å². The summed E-state index contributed by atoms with van der Waals surface area (Å²) in [5.74, 6) is 1.49. The molecule has 0 fully saturated rings. The van der Waals surface area contributed by atoms with Crippen LogP contribution in [0.2, 0.25) is 0 Å². The molecule has 3 aromatic rings. The molecule has 1 N–H and O–H groups in total. The van der Waals surface area contributed by atoms with Gasteiger partial charge in [0.15, 0.2) is 5.13 Å². The maximum Gasteiger partial charge on any atom is 0.230 e. The Balaban J connectivity index is 1.71. The maximum absolute atomic E-state index is 12.3. The van der Waals surface area contributed by atoms with Gasteiger partial charge < -0.3 is 14.8 Å². The van der Waals surface area contributed by atoms with Gasteiger partial charge in [-0.15, -0.1) is 0 Å². The summed E-state index contributed by atoms with van der Waals surface area (Å²) in [4.78, 5) is 16.8. The number of thiazole rings is 1. The Morgan fingerprint density at radius 1 is 1.24 bits per heavy atom. The number of ether oxygens (including phenoxy) is 2. The Labute approximate surface area is 150 Å². The molecule has 0 saturated heterocycles. The summed E-state index contributed by atoms with van der Waals surface area (Å²) in [6.45, 7) is 4.54. The zero-order valence-electron chi connectivity index (χ0n) is 14.5. The van der Waals surface area contributed by atoms with Crippen molar-refractivity contribution < 1.29 is 14.3 Å². The quantitative estimate of drug-likeness (QED) is 0.719. The van der Waals surface area contributed by atoms with E-state index < -0.39 is 0 Å². The molecule has 1 amide bonds. The summed E-state index contributed by atoms with van der Waals surface area (Å²) < 4.78 is 11.8. The second kappa shape index (κ2) is 7.53. The van der Waals surface area contributed by atoms with Crippen LogP contribution in [0, 0.1) is 6.92 Å². The Bertz CT molecular complexity index is 905. The maximum atomic E-state index is 12.3. The van der Waals surface area contributed by atoms with Gasteiger partial charge in [-0.2, -0.15) is 0 Å². The van der Waals surface area contributed by atoms with Gasteiger partial charge in [-0.25, -0.2) is 4.98 Å². The van der Waals surface area contributed by atoms with Crippen LogP contribution in [0.3, 0.4) is 0 Å². The zero-order chi connectivity index (χ0) is 17.8. The second-order valence-corrected chi connectivity index (χ2v) is 6.64. The minimum atomic E-state index is -0.102. The first-order valence-electron chi connectivity index (χ1n) is 8.06. The fraction of sp³-hybridized carbons (Fsp3) is 0.263. The summed E-state index contributed by atoms with van der Waals surface area (Å²) in [6.07, 6.45) is 0.275. The Kier molecular flexibility index (Phi) is 5.19. The van der Waals surface area contributed by atoms with E-state index in [1.807, 2.05) is 50.2 Å². The van der Waals surface area contributed by atoms with Crippen molar-refractivity contribution in [2.45, 2.75) is 20.3 Å². The van der Waals surface area contributed by atoms with Crippen molar-refractivity contribution in [3.05, 3.63) is 47.5 Å². The lowest BCUT2D eigenvalue weighted by molar-refractivity contribution is -0.115. The molecular formula is C19H20N2O3S.